The van der Waals surface area contributed by atoms with Crippen molar-refractivity contribution < 1.29 is 13.2 Å². The Balaban J connectivity index is 2.75. The summed E-state index contributed by atoms with van der Waals surface area (Å²) < 4.78 is 25.5. The lowest BCUT2D eigenvalue weighted by Crippen LogP contribution is -2.44. The molecule has 0 saturated carbocycles. The minimum Gasteiger partial charge on any atom is -0.518 e. The molecular formula is C14H23FO2Si. The highest BCUT2D eigenvalue weighted by Crippen LogP contribution is 2.25. The molecular weight excluding hydrogens is 247 g/mol. The molecule has 0 radical (unpaired) electrons. The first-order chi connectivity index (χ1) is 8.67. The summed E-state index contributed by atoms with van der Waals surface area (Å²) in [6.07, 6.45) is 2.12. The van der Waals surface area contributed by atoms with Crippen LogP contribution in [0.25, 0.3) is 0 Å². The van der Waals surface area contributed by atoms with E-state index in [1.165, 1.54) is 6.07 Å². The van der Waals surface area contributed by atoms with Gasteiger partial charge in [-0.25, -0.2) is 4.39 Å². The maximum Gasteiger partial charge on any atom is 0.398 e. The van der Waals surface area contributed by atoms with Crippen molar-refractivity contribution in [3.63, 3.8) is 0 Å². The van der Waals surface area contributed by atoms with Crippen LogP contribution in [0.2, 0.25) is 12.1 Å². The molecule has 1 rings (SSSR count). The van der Waals surface area contributed by atoms with Crippen molar-refractivity contribution in [1.29, 1.82) is 0 Å². The molecule has 2 nitrogen and oxygen atoms in total. The Morgan fingerprint density at radius 1 is 1.11 bits per heavy atom. The van der Waals surface area contributed by atoms with E-state index in [0.717, 1.165) is 24.9 Å². The number of halogens is 1. The average Bonchev–Trinajstić information content (AvgIpc) is 2.40. The first kappa shape index (κ1) is 15.2. The van der Waals surface area contributed by atoms with E-state index in [2.05, 4.69) is 20.8 Å². The highest BCUT2D eigenvalue weighted by molar-refractivity contribution is 6.68. The van der Waals surface area contributed by atoms with Gasteiger partial charge < -0.3 is 8.85 Å². The minimum atomic E-state index is -2.29. The van der Waals surface area contributed by atoms with E-state index in [1.807, 2.05) is 0 Å². The van der Waals surface area contributed by atoms with Crippen molar-refractivity contribution in [2.45, 2.75) is 45.7 Å². The summed E-state index contributed by atoms with van der Waals surface area (Å²) in [7, 11) is -2.29. The van der Waals surface area contributed by atoms with Crippen molar-refractivity contribution in [2.75, 3.05) is 6.61 Å². The summed E-state index contributed by atoms with van der Waals surface area (Å²) in [6.45, 7) is 6.95. The van der Waals surface area contributed by atoms with Gasteiger partial charge in [-0.3, -0.25) is 0 Å². The molecule has 0 aliphatic carbocycles. The molecule has 0 heterocycles. The number of benzene rings is 1. The molecule has 0 saturated heterocycles. The second-order valence-electron chi connectivity index (χ2n) is 4.35. The lowest BCUT2D eigenvalue weighted by molar-refractivity contribution is 0.230. The van der Waals surface area contributed by atoms with Gasteiger partial charge in [-0.15, -0.1) is 0 Å². The standard InChI is InChI=1S/C14H23FO2Si/c1-4-7-12-16-18(5-2,6-3)17-14-11-9-8-10-13(14)15/h8-11H,4-7,12H2,1-3H3. The van der Waals surface area contributed by atoms with Crippen LogP contribution in [0.3, 0.4) is 0 Å². The monoisotopic (exact) mass is 270 g/mol. The van der Waals surface area contributed by atoms with E-state index in [9.17, 15) is 4.39 Å². The van der Waals surface area contributed by atoms with Gasteiger partial charge in [0.15, 0.2) is 5.82 Å². The van der Waals surface area contributed by atoms with Crippen molar-refractivity contribution in [1.82, 2.24) is 0 Å². The maximum atomic E-state index is 13.6. The molecule has 0 amide bonds. The van der Waals surface area contributed by atoms with Crippen molar-refractivity contribution in [2.24, 2.45) is 0 Å². The second kappa shape index (κ2) is 7.54. The number of rotatable bonds is 8. The highest BCUT2D eigenvalue weighted by Gasteiger charge is 2.36. The van der Waals surface area contributed by atoms with Crippen LogP contribution in [0.1, 0.15) is 33.6 Å². The number of unbranched alkanes of at least 4 members (excludes halogenated alkanes) is 1. The fourth-order valence-electron chi connectivity index (χ4n) is 1.76. The summed E-state index contributed by atoms with van der Waals surface area (Å²) in [4.78, 5) is 0. The molecule has 0 unspecified atom stereocenters. The SMILES string of the molecule is CCCCO[Si](CC)(CC)Oc1ccccc1F. The molecule has 0 aliphatic heterocycles. The molecule has 0 aromatic heterocycles. The zero-order valence-electron chi connectivity index (χ0n) is 11.5. The summed E-state index contributed by atoms with van der Waals surface area (Å²) in [6, 6.07) is 8.22. The Kier molecular flexibility index (Phi) is 6.36. The minimum absolute atomic E-state index is 0.310. The molecule has 0 N–H and O–H groups in total. The van der Waals surface area contributed by atoms with Crippen molar-refractivity contribution in [3.05, 3.63) is 30.1 Å². The van der Waals surface area contributed by atoms with Crippen LogP contribution in [0.4, 0.5) is 4.39 Å². The van der Waals surface area contributed by atoms with Gasteiger partial charge in [-0.05, 0) is 30.6 Å². The van der Waals surface area contributed by atoms with Crippen LogP contribution in [-0.2, 0) is 4.43 Å². The quantitative estimate of drug-likeness (QED) is 0.511. The summed E-state index contributed by atoms with van der Waals surface area (Å²) in [5.74, 6) is 0.0136. The third kappa shape index (κ3) is 4.10. The summed E-state index contributed by atoms with van der Waals surface area (Å²) in [5.41, 5.74) is 0. The van der Waals surface area contributed by atoms with Gasteiger partial charge in [-0.1, -0.05) is 39.3 Å². The fraction of sp³-hybridized carbons (Fsp3) is 0.571. The molecule has 0 atom stereocenters. The average molecular weight is 270 g/mol. The Bertz CT molecular complexity index is 353. The van der Waals surface area contributed by atoms with Gasteiger partial charge in [0, 0.05) is 6.61 Å². The Hall–Kier alpha value is -0.873. The van der Waals surface area contributed by atoms with Crippen LogP contribution in [0, 0.1) is 5.82 Å². The molecule has 1 aromatic carbocycles. The van der Waals surface area contributed by atoms with E-state index < -0.39 is 8.56 Å². The maximum absolute atomic E-state index is 13.6. The van der Waals surface area contributed by atoms with Crippen LogP contribution in [0.15, 0.2) is 24.3 Å². The number of hydrogen-bond donors (Lipinski definition) is 0. The zero-order chi connectivity index (χ0) is 13.4. The smallest absolute Gasteiger partial charge is 0.398 e. The topological polar surface area (TPSA) is 18.5 Å². The molecule has 0 spiro atoms. The van der Waals surface area contributed by atoms with Crippen LogP contribution < -0.4 is 4.43 Å². The molecule has 0 bridgehead atoms. The van der Waals surface area contributed by atoms with Crippen molar-refractivity contribution in [3.8, 4) is 5.75 Å². The zero-order valence-corrected chi connectivity index (χ0v) is 12.5. The van der Waals surface area contributed by atoms with Crippen molar-refractivity contribution >= 4 is 8.56 Å². The van der Waals surface area contributed by atoms with Crippen LogP contribution in [-0.4, -0.2) is 15.2 Å². The lowest BCUT2D eigenvalue weighted by atomic mass is 10.3. The van der Waals surface area contributed by atoms with Crippen LogP contribution in [0.5, 0.6) is 5.75 Å². The molecule has 102 valence electrons. The van der Waals surface area contributed by atoms with Gasteiger partial charge in [0.25, 0.3) is 0 Å². The molecule has 4 heteroatoms. The molecule has 0 aliphatic rings. The van der Waals surface area contributed by atoms with Crippen LogP contribution >= 0.6 is 0 Å². The first-order valence-electron chi connectivity index (χ1n) is 6.75. The molecule has 18 heavy (non-hydrogen) atoms. The van der Waals surface area contributed by atoms with E-state index >= 15 is 0 Å². The molecule has 0 fully saturated rings. The predicted molar refractivity (Wildman–Crippen MR) is 74.6 cm³/mol. The predicted octanol–water partition coefficient (Wildman–Crippen LogP) is 4.50. The van der Waals surface area contributed by atoms with Gasteiger partial charge in [-0.2, -0.15) is 0 Å². The Labute approximate surface area is 110 Å². The Morgan fingerprint density at radius 3 is 2.33 bits per heavy atom. The fourth-order valence-corrected chi connectivity index (χ4v) is 4.10. The van der Waals surface area contributed by atoms with E-state index in [4.69, 9.17) is 8.85 Å². The van der Waals surface area contributed by atoms with Gasteiger partial charge in [0.05, 0.1) is 0 Å². The summed E-state index contributed by atoms with van der Waals surface area (Å²) >= 11 is 0. The van der Waals surface area contributed by atoms with E-state index in [1.54, 1.807) is 18.2 Å². The Morgan fingerprint density at radius 2 is 1.78 bits per heavy atom. The normalized spacial score (nSPS) is 11.6. The molecule has 1 aromatic rings. The van der Waals surface area contributed by atoms with Gasteiger partial charge >= 0.3 is 8.56 Å². The number of para-hydroxylation sites is 1. The summed E-state index contributed by atoms with van der Waals surface area (Å²) in [5, 5.41) is 0. The third-order valence-electron chi connectivity index (χ3n) is 3.07. The van der Waals surface area contributed by atoms with E-state index in [0.29, 0.717) is 12.4 Å². The third-order valence-corrected chi connectivity index (χ3v) is 6.55. The van der Waals surface area contributed by atoms with Gasteiger partial charge in [0.2, 0.25) is 0 Å². The first-order valence-corrected chi connectivity index (χ1v) is 8.98. The largest absolute Gasteiger partial charge is 0.518 e. The van der Waals surface area contributed by atoms with E-state index in [-0.39, 0.29) is 5.82 Å². The lowest BCUT2D eigenvalue weighted by Gasteiger charge is -2.29. The highest BCUT2D eigenvalue weighted by atomic mass is 28.4. The van der Waals surface area contributed by atoms with Gasteiger partial charge in [0.1, 0.15) is 5.75 Å². The second-order valence-corrected chi connectivity index (χ2v) is 8.08. The number of hydrogen-bond acceptors (Lipinski definition) is 2.